The standard InChI is InChI=1S/C23H25BrO5/c1-3-28-22(26)20(23(27)29-4-2)14-18(16-8-6-5-7-9-16)15-21(25)17-10-12-19(24)13-11-17/h5-13,18,20H,3-4,14-15H2,1-2H3. The molecule has 2 rings (SSSR count). The van der Waals surface area contributed by atoms with Crippen molar-refractivity contribution in [2.24, 2.45) is 5.92 Å². The zero-order chi connectivity index (χ0) is 21.2. The number of Topliss-reactive ketones (excluding diaryl/α,β-unsaturated/α-hetero) is 1. The molecule has 1 unspecified atom stereocenters. The second-order valence-electron chi connectivity index (χ2n) is 6.53. The molecule has 0 saturated heterocycles. The predicted octanol–water partition coefficient (Wildman–Crippen LogP) is 4.94. The lowest BCUT2D eigenvalue weighted by Crippen LogP contribution is -2.30. The number of hydrogen-bond donors (Lipinski definition) is 0. The smallest absolute Gasteiger partial charge is 0.320 e. The van der Waals surface area contributed by atoms with Gasteiger partial charge in [-0.1, -0.05) is 58.4 Å². The first kappa shape index (κ1) is 22.8. The summed E-state index contributed by atoms with van der Waals surface area (Å²) in [7, 11) is 0. The zero-order valence-electron chi connectivity index (χ0n) is 16.6. The Morgan fingerprint density at radius 1 is 0.862 bits per heavy atom. The Labute approximate surface area is 179 Å². The van der Waals surface area contributed by atoms with Crippen molar-refractivity contribution >= 4 is 33.7 Å². The summed E-state index contributed by atoms with van der Waals surface area (Å²) in [6.45, 7) is 3.71. The average molecular weight is 461 g/mol. The van der Waals surface area contributed by atoms with Crippen LogP contribution < -0.4 is 0 Å². The fourth-order valence-corrected chi connectivity index (χ4v) is 3.36. The highest BCUT2D eigenvalue weighted by atomic mass is 79.9. The molecule has 0 radical (unpaired) electrons. The van der Waals surface area contributed by atoms with Gasteiger partial charge in [0.1, 0.15) is 0 Å². The van der Waals surface area contributed by atoms with Crippen LogP contribution in [-0.2, 0) is 19.1 Å². The van der Waals surface area contributed by atoms with Crippen LogP contribution >= 0.6 is 15.9 Å². The molecule has 0 saturated carbocycles. The Kier molecular flexibility index (Phi) is 9.06. The van der Waals surface area contributed by atoms with Crippen LogP contribution in [0.4, 0.5) is 0 Å². The number of rotatable bonds is 10. The summed E-state index contributed by atoms with van der Waals surface area (Å²) in [5.41, 5.74) is 1.47. The summed E-state index contributed by atoms with van der Waals surface area (Å²) in [6, 6.07) is 16.5. The maximum absolute atomic E-state index is 12.9. The van der Waals surface area contributed by atoms with Gasteiger partial charge in [0.2, 0.25) is 0 Å². The number of halogens is 1. The molecule has 0 fully saturated rings. The van der Waals surface area contributed by atoms with Gasteiger partial charge in [0, 0.05) is 16.5 Å². The van der Waals surface area contributed by atoms with Gasteiger partial charge in [-0.25, -0.2) is 0 Å². The van der Waals surface area contributed by atoms with Crippen molar-refractivity contribution in [1.82, 2.24) is 0 Å². The first-order valence-electron chi connectivity index (χ1n) is 9.63. The lowest BCUT2D eigenvalue weighted by Gasteiger charge is -2.21. The van der Waals surface area contributed by atoms with E-state index >= 15 is 0 Å². The molecule has 0 bridgehead atoms. The molecule has 5 nitrogen and oxygen atoms in total. The number of benzene rings is 2. The van der Waals surface area contributed by atoms with Crippen LogP contribution in [0, 0.1) is 5.92 Å². The highest BCUT2D eigenvalue weighted by molar-refractivity contribution is 9.10. The highest BCUT2D eigenvalue weighted by Gasteiger charge is 2.33. The Bertz CT molecular complexity index is 799. The van der Waals surface area contributed by atoms with Crippen LogP contribution in [0.2, 0.25) is 0 Å². The number of esters is 2. The van der Waals surface area contributed by atoms with Gasteiger partial charge < -0.3 is 9.47 Å². The van der Waals surface area contributed by atoms with Gasteiger partial charge in [0.05, 0.1) is 13.2 Å². The van der Waals surface area contributed by atoms with E-state index < -0.39 is 17.9 Å². The summed E-state index contributed by atoms with van der Waals surface area (Å²) in [6.07, 6.45) is 0.310. The lowest BCUT2D eigenvalue weighted by atomic mass is 9.84. The van der Waals surface area contributed by atoms with Crippen LogP contribution in [0.3, 0.4) is 0 Å². The summed E-state index contributed by atoms with van der Waals surface area (Å²) in [5, 5.41) is 0. The van der Waals surface area contributed by atoms with E-state index in [-0.39, 0.29) is 37.8 Å². The largest absolute Gasteiger partial charge is 0.465 e. The quantitative estimate of drug-likeness (QED) is 0.285. The molecule has 0 heterocycles. The van der Waals surface area contributed by atoms with Gasteiger partial charge in [-0.05, 0) is 43.9 Å². The van der Waals surface area contributed by atoms with Crippen LogP contribution in [0.1, 0.15) is 48.5 Å². The van der Waals surface area contributed by atoms with Gasteiger partial charge in [-0.2, -0.15) is 0 Å². The maximum atomic E-state index is 12.9. The average Bonchev–Trinajstić information content (AvgIpc) is 2.72. The van der Waals surface area contributed by atoms with Crippen molar-refractivity contribution in [3.63, 3.8) is 0 Å². The van der Waals surface area contributed by atoms with E-state index in [1.54, 1.807) is 26.0 Å². The number of carbonyl (C=O) groups is 3. The summed E-state index contributed by atoms with van der Waals surface area (Å²) in [5.74, 6) is -2.70. The third-order valence-electron chi connectivity index (χ3n) is 4.53. The normalized spacial score (nSPS) is 11.7. The monoisotopic (exact) mass is 460 g/mol. The molecule has 2 aromatic carbocycles. The van der Waals surface area contributed by atoms with E-state index in [0.717, 1.165) is 10.0 Å². The molecule has 0 aromatic heterocycles. The molecule has 0 aliphatic rings. The van der Waals surface area contributed by atoms with E-state index in [1.165, 1.54) is 0 Å². The van der Waals surface area contributed by atoms with E-state index in [0.29, 0.717) is 5.56 Å². The van der Waals surface area contributed by atoms with E-state index in [4.69, 9.17) is 9.47 Å². The third kappa shape index (κ3) is 6.82. The Hall–Kier alpha value is -2.47. The van der Waals surface area contributed by atoms with Crippen LogP contribution in [0.5, 0.6) is 0 Å². The maximum Gasteiger partial charge on any atom is 0.320 e. The summed E-state index contributed by atoms with van der Waals surface area (Å²) >= 11 is 3.36. The minimum Gasteiger partial charge on any atom is -0.465 e. The van der Waals surface area contributed by atoms with Crippen LogP contribution in [-0.4, -0.2) is 30.9 Å². The van der Waals surface area contributed by atoms with Gasteiger partial charge in [-0.3, -0.25) is 14.4 Å². The first-order chi connectivity index (χ1) is 14.0. The van der Waals surface area contributed by atoms with Crippen LogP contribution in [0.25, 0.3) is 0 Å². The molecule has 0 spiro atoms. The van der Waals surface area contributed by atoms with Gasteiger partial charge in [0.15, 0.2) is 11.7 Å². The predicted molar refractivity (Wildman–Crippen MR) is 114 cm³/mol. The van der Waals surface area contributed by atoms with Crippen molar-refractivity contribution in [2.45, 2.75) is 32.6 Å². The molecule has 2 aromatic rings. The minimum absolute atomic E-state index is 0.0576. The van der Waals surface area contributed by atoms with Crippen molar-refractivity contribution < 1.29 is 23.9 Å². The van der Waals surface area contributed by atoms with Crippen molar-refractivity contribution in [3.05, 3.63) is 70.2 Å². The molecule has 0 aliphatic carbocycles. The number of hydrogen-bond acceptors (Lipinski definition) is 5. The van der Waals surface area contributed by atoms with Crippen molar-refractivity contribution in [2.75, 3.05) is 13.2 Å². The summed E-state index contributed by atoms with van der Waals surface area (Å²) in [4.78, 5) is 37.7. The Balaban J connectivity index is 2.28. The van der Waals surface area contributed by atoms with E-state index in [9.17, 15) is 14.4 Å². The Morgan fingerprint density at radius 3 is 1.93 bits per heavy atom. The zero-order valence-corrected chi connectivity index (χ0v) is 18.2. The molecular formula is C23H25BrO5. The van der Waals surface area contributed by atoms with Crippen molar-refractivity contribution in [3.8, 4) is 0 Å². The SMILES string of the molecule is CCOC(=O)C(CC(CC(=O)c1ccc(Br)cc1)c1ccccc1)C(=O)OCC. The molecule has 154 valence electrons. The van der Waals surface area contributed by atoms with Gasteiger partial charge in [-0.15, -0.1) is 0 Å². The second-order valence-corrected chi connectivity index (χ2v) is 7.45. The Morgan fingerprint density at radius 2 is 1.41 bits per heavy atom. The number of carbonyl (C=O) groups excluding carboxylic acids is 3. The fraction of sp³-hybridized carbons (Fsp3) is 0.348. The molecule has 0 aliphatic heterocycles. The van der Waals surface area contributed by atoms with Gasteiger partial charge >= 0.3 is 11.9 Å². The molecule has 1 atom stereocenters. The molecule has 6 heteroatoms. The topological polar surface area (TPSA) is 69.7 Å². The molecule has 0 amide bonds. The van der Waals surface area contributed by atoms with E-state index in [1.807, 2.05) is 42.5 Å². The minimum atomic E-state index is -1.07. The van der Waals surface area contributed by atoms with E-state index in [2.05, 4.69) is 15.9 Å². The summed E-state index contributed by atoms with van der Waals surface area (Å²) < 4.78 is 11.0. The third-order valence-corrected chi connectivity index (χ3v) is 5.06. The first-order valence-corrected chi connectivity index (χ1v) is 10.4. The number of ketones is 1. The lowest BCUT2D eigenvalue weighted by molar-refractivity contribution is -0.162. The molecular weight excluding hydrogens is 436 g/mol. The fourth-order valence-electron chi connectivity index (χ4n) is 3.10. The van der Waals surface area contributed by atoms with Crippen LogP contribution in [0.15, 0.2) is 59.1 Å². The second kappa shape index (κ2) is 11.5. The van der Waals surface area contributed by atoms with Crippen molar-refractivity contribution in [1.29, 1.82) is 0 Å². The highest BCUT2D eigenvalue weighted by Crippen LogP contribution is 2.30. The molecule has 29 heavy (non-hydrogen) atoms. The number of ether oxygens (including phenoxy) is 2. The molecule has 0 N–H and O–H groups in total. The van der Waals surface area contributed by atoms with Gasteiger partial charge in [0.25, 0.3) is 0 Å².